The van der Waals surface area contributed by atoms with Crippen LogP contribution in [0.4, 0.5) is 11.4 Å². The normalized spacial score (nSPS) is 17.0. The molecule has 0 bridgehead atoms. The number of halogens is 2. The number of hydrogen-bond donors (Lipinski definition) is 1. The fourth-order valence-electron chi connectivity index (χ4n) is 3.93. The van der Waals surface area contributed by atoms with Crippen molar-refractivity contribution in [1.82, 2.24) is 4.90 Å². The van der Waals surface area contributed by atoms with Gasteiger partial charge in [-0.05, 0) is 43.1 Å². The predicted octanol–water partition coefficient (Wildman–Crippen LogP) is 4.47. The minimum absolute atomic E-state index is 0.0476. The quantitative estimate of drug-likeness (QED) is 0.682. The Balaban J connectivity index is 1.23. The molecule has 4 rings (SSSR count). The molecular formula is C22H25Cl2N3O2. The van der Waals surface area contributed by atoms with Crippen LogP contribution in [-0.4, -0.2) is 50.1 Å². The number of rotatable bonds is 6. The number of fused-ring (bicyclic) bond motifs is 1. The summed E-state index contributed by atoms with van der Waals surface area (Å²) < 4.78 is 5.89. The molecule has 0 aromatic heterocycles. The standard InChI is InChI=1S/C22H25Cl2N3O2/c23-18-4-1-5-20(22(18)24)27-10-2-8-26(11-12-27)9-3-13-29-17-7-6-16-14-21(28)25-19(16)15-17/h1,4-7,15H,2-3,8-14H2,(H,25,28). The smallest absolute Gasteiger partial charge is 0.228 e. The summed E-state index contributed by atoms with van der Waals surface area (Å²) in [5.74, 6) is 0.856. The van der Waals surface area contributed by atoms with Crippen molar-refractivity contribution < 1.29 is 9.53 Å². The summed E-state index contributed by atoms with van der Waals surface area (Å²) in [5, 5.41) is 4.11. The van der Waals surface area contributed by atoms with E-state index in [1.165, 1.54) is 0 Å². The molecule has 1 amide bonds. The molecule has 1 saturated heterocycles. The summed E-state index contributed by atoms with van der Waals surface area (Å²) in [5.41, 5.74) is 2.93. The molecule has 2 heterocycles. The SMILES string of the molecule is O=C1Cc2ccc(OCCCN3CCCN(c4cccc(Cl)c4Cl)CC3)cc2N1. The number of benzene rings is 2. The first-order chi connectivity index (χ1) is 14.1. The number of nitrogens with one attached hydrogen (secondary N) is 1. The molecule has 2 aromatic carbocycles. The van der Waals surface area contributed by atoms with Crippen molar-refractivity contribution in [3.63, 3.8) is 0 Å². The second-order valence-corrected chi connectivity index (χ2v) is 8.29. The van der Waals surface area contributed by atoms with E-state index in [4.69, 9.17) is 27.9 Å². The highest BCUT2D eigenvalue weighted by atomic mass is 35.5. The minimum Gasteiger partial charge on any atom is -0.493 e. The van der Waals surface area contributed by atoms with Gasteiger partial charge >= 0.3 is 0 Å². The predicted molar refractivity (Wildman–Crippen MR) is 119 cm³/mol. The monoisotopic (exact) mass is 433 g/mol. The Morgan fingerprint density at radius 1 is 1.07 bits per heavy atom. The van der Waals surface area contributed by atoms with Gasteiger partial charge in [0.15, 0.2) is 0 Å². The second-order valence-electron chi connectivity index (χ2n) is 7.50. The van der Waals surface area contributed by atoms with Gasteiger partial charge in [-0.15, -0.1) is 0 Å². The lowest BCUT2D eigenvalue weighted by atomic mass is 10.1. The molecule has 1 N–H and O–H groups in total. The Bertz CT molecular complexity index is 890. The fourth-order valence-corrected chi connectivity index (χ4v) is 4.35. The lowest BCUT2D eigenvalue weighted by molar-refractivity contribution is -0.115. The fraction of sp³-hybridized carbons (Fsp3) is 0.409. The van der Waals surface area contributed by atoms with Crippen molar-refractivity contribution in [2.24, 2.45) is 0 Å². The van der Waals surface area contributed by atoms with Gasteiger partial charge in [-0.1, -0.05) is 35.3 Å². The van der Waals surface area contributed by atoms with E-state index in [9.17, 15) is 4.79 Å². The van der Waals surface area contributed by atoms with E-state index in [1.807, 2.05) is 36.4 Å². The third kappa shape index (κ3) is 4.97. The molecule has 154 valence electrons. The summed E-state index contributed by atoms with van der Waals surface area (Å²) >= 11 is 12.6. The van der Waals surface area contributed by atoms with E-state index < -0.39 is 0 Å². The van der Waals surface area contributed by atoms with E-state index >= 15 is 0 Å². The number of nitrogens with zero attached hydrogens (tertiary/aromatic N) is 2. The van der Waals surface area contributed by atoms with Gasteiger partial charge in [0, 0.05) is 37.9 Å². The number of carbonyl (C=O) groups is 1. The molecule has 7 heteroatoms. The Labute approximate surface area is 181 Å². The highest BCUT2D eigenvalue weighted by Crippen LogP contribution is 2.33. The van der Waals surface area contributed by atoms with Gasteiger partial charge in [0.05, 0.1) is 28.8 Å². The maximum atomic E-state index is 11.4. The van der Waals surface area contributed by atoms with Crippen molar-refractivity contribution in [2.45, 2.75) is 19.3 Å². The minimum atomic E-state index is 0.0476. The van der Waals surface area contributed by atoms with Crippen LogP contribution in [0.5, 0.6) is 5.75 Å². The van der Waals surface area contributed by atoms with Crippen LogP contribution < -0.4 is 15.0 Å². The summed E-state index contributed by atoms with van der Waals surface area (Å²) in [4.78, 5) is 16.2. The number of anilines is 2. The highest BCUT2D eigenvalue weighted by Gasteiger charge is 2.19. The van der Waals surface area contributed by atoms with Crippen LogP contribution in [-0.2, 0) is 11.2 Å². The van der Waals surface area contributed by atoms with E-state index in [0.717, 1.165) is 68.3 Å². The average molecular weight is 434 g/mol. The topological polar surface area (TPSA) is 44.8 Å². The molecule has 0 spiro atoms. The summed E-state index contributed by atoms with van der Waals surface area (Å²) in [6, 6.07) is 11.6. The molecule has 0 saturated carbocycles. The van der Waals surface area contributed by atoms with Gasteiger partial charge in [-0.25, -0.2) is 0 Å². The molecule has 0 unspecified atom stereocenters. The molecule has 1 fully saturated rings. The average Bonchev–Trinajstić information content (AvgIpc) is 2.92. The maximum Gasteiger partial charge on any atom is 0.228 e. The van der Waals surface area contributed by atoms with Crippen molar-refractivity contribution in [1.29, 1.82) is 0 Å². The van der Waals surface area contributed by atoms with Gasteiger partial charge in [0.1, 0.15) is 5.75 Å². The molecule has 2 aliphatic heterocycles. The molecular weight excluding hydrogens is 409 g/mol. The largest absolute Gasteiger partial charge is 0.493 e. The summed E-state index contributed by atoms with van der Waals surface area (Å²) in [6.07, 6.45) is 2.51. The van der Waals surface area contributed by atoms with E-state index in [1.54, 1.807) is 0 Å². The lowest BCUT2D eigenvalue weighted by Gasteiger charge is -2.25. The van der Waals surface area contributed by atoms with Crippen molar-refractivity contribution in [3.8, 4) is 5.75 Å². The lowest BCUT2D eigenvalue weighted by Crippen LogP contribution is -2.32. The Hall–Kier alpha value is -1.95. The Morgan fingerprint density at radius 3 is 2.86 bits per heavy atom. The maximum absolute atomic E-state index is 11.4. The van der Waals surface area contributed by atoms with E-state index in [-0.39, 0.29) is 5.91 Å². The zero-order chi connectivity index (χ0) is 20.2. The first-order valence-electron chi connectivity index (χ1n) is 10.1. The molecule has 0 atom stereocenters. The third-order valence-electron chi connectivity index (χ3n) is 5.45. The first kappa shape index (κ1) is 20.3. The molecule has 2 aromatic rings. The Kier molecular flexibility index (Phi) is 6.48. The molecule has 5 nitrogen and oxygen atoms in total. The number of ether oxygens (including phenoxy) is 1. The van der Waals surface area contributed by atoms with Gasteiger partial charge in [-0.2, -0.15) is 0 Å². The van der Waals surface area contributed by atoms with Crippen LogP contribution in [0.2, 0.25) is 10.0 Å². The Morgan fingerprint density at radius 2 is 1.97 bits per heavy atom. The van der Waals surface area contributed by atoms with Crippen LogP contribution in [0.25, 0.3) is 0 Å². The zero-order valence-corrected chi connectivity index (χ0v) is 17.8. The van der Waals surface area contributed by atoms with Gasteiger partial charge in [0.25, 0.3) is 0 Å². The van der Waals surface area contributed by atoms with Crippen LogP contribution in [0.1, 0.15) is 18.4 Å². The first-order valence-corrected chi connectivity index (χ1v) is 10.8. The number of hydrogen-bond acceptors (Lipinski definition) is 4. The van der Waals surface area contributed by atoms with E-state index in [2.05, 4.69) is 15.1 Å². The molecule has 0 radical (unpaired) electrons. The van der Waals surface area contributed by atoms with Crippen LogP contribution in [0.15, 0.2) is 36.4 Å². The summed E-state index contributed by atoms with van der Waals surface area (Å²) in [7, 11) is 0. The van der Waals surface area contributed by atoms with Gasteiger partial charge in [-0.3, -0.25) is 4.79 Å². The highest BCUT2D eigenvalue weighted by molar-refractivity contribution is 6.43. The van der Waals surface area contributed by atoms with Crippen molar-refractivity contribution in [3.05, 3.63) is 52.0 Å². The number of amides is 1. The van der Waals surface area contributed by atoms with Gasteiger partial charge in [0.2, 0.25) is 5.91 Å². The van der Waals surface area contributed by atoms with Gasteiger partial charge < -0.3 is 19.9 Å². The molecule has 2 aliphatic rings. The number of carbonyl (C=O) groups excluding carboxylic acids is 1. The zero-order valence-electron chi connectivity index (χ0n) is 16.3. The van der Waals surface area contributed by atoms with Crippen LogP contribution in [0.3, 0.4) is 0 Å². The summed E-state index contributed by atoms with van der Waals surface area (Å²) in [6.45, 7) is 5.64. The van der Waals surface area contributed by atoms with Crippen molar-refractivity contribution >= 4 is 40.5 Å². The van der Waals surface area contributed by atoms with E-state index in [0.29, 0.717) is 23.1 Å². The molecule has 29 heavy (non-hydrogen) atoms. The van der Waals surface area contributed by atoms with Crippen LogP contribution in [0, 0.1) is 0 Å². The second kappa shape index (κ2) is 9.24. The van der Waals surface area contributed by atoms with Crippen LogP contribution >= 0.6 is 23.2 Å². The molecule has 0 aliphatic carbocycles. The third-order valence-corrected chi connectivity index (χ3v) is 6.26. The van der Waals surface area contributed by atoms with Crippen molar-refractivity contribution in [2.75, 3.05) is 49.5 Å².